The highest BCUT2D eigenvalue weighted by atomic mass is 32.1. The highest BCUT2D eigenvalue weighted by molar-refractivity contribution is 7.13. The molecule has 0 fully saturated rings. The second-order valence-corrected chi connectivity index (χ2v) is 6.71. The zero-order valence-electron chi connectivity index (χ0n) is 14.9. The molecule has 0 bridgehead atoms. The van der Waals surface area contributed by atoms with Crippen LogP contribution in [0.25, 0.3) is 0 Å². The van der Waals surface area contributed by atoms with Gasteiger partial charge in [-0.3, -0.25) is 4.79 Å². The number of rotatable bonds is 8. The fraction of sp³-hybridized carbons (Fsp3) is 0.150. The fourth-order valence-electron chi connectivity index (χ4n) is 2.28. The van der Waals surface area contributed by atoms with Gasteiger partial charge in [-0.05, 0) is 23.3 Å². The van der Waals surface area contributed by atoms with E-state index < -0.39 is 18.5 Å². The van der Waals surface area contributed by atoms with E-state index in [4.69, 9.17) is 4.74 Å². The normalized spacial score (nSPS) is 10.3. The first kappa shape index (κ1) is 19.5. The smallest absolute Gasteiger partial charge is 0.358 e. The maximum Gasteiger partial charge on any atom is 0.358 e. The van der Waals surface area contributed by atoms with Gasteiger partial charge in [-0.1, -0.05) is 42.5 Å². The molecule has 1 amide bonds. The van der Waals surface area contributed by atoms with Crippen LogP contribution < -0.4 is 10.6 Å². The van der Waals surface area contributed by atoms with Crippen LogP contribution >= 0.6 is 11.3 Å². The number of ether oxygens (including phenoxy) is 1. The first-order valence-electron chi connectivity index (χ1n) is 8.52. The number of carbonyl (C=O) groups excluding carboxylic acids is 2. The maximum atomic E-state index is 12.8. The summed E-state index contributed by atoms with van der Waals surface area (Å²) >= 11 is 1.29. The van der Waals surface area contributed by atoms with Gasteiger partial charge in [0.15, 0.2) is 17.4 Å². The molecule has 6 nitrogen and oxygen atoms in total. The molecule has 0 aliphatic rings. The number of carbonyl (C=O) groups is 2. The number of esters is 1. The number of amides is 1. The fourth-order valence-corrected chi connectivity index (χ4v) is 2.96. The lowest BCUT2D eigenvalue weighted by Gasteiger charge is -2.06. The van der Waals surface area contributed by atoms with E-state index >= 15 is 0 Å². The second-order valence-electron chi connectivity index (χ2n) is 5.86. The van der Waals surface area contributed by atoms with Crippen molar-refractivity contribution >= 4 is 28.3 Å². The average Bonchev–Trinajstić information content (AvgIpc) is 3.20. The van der Waals surface area contributed by atoms with Crippen LogP contribution in [-0.2, 0) is 22.6 Å². The third-order valence-corrected chi connectivity index (χ3v) is 4.54. The Kier molecular flexibility index (Phi) is 6.69. The molecule has 1 heterocycles. The van der Waals surface area contributed by atoms with Crippen molar-refractivity contribution in [2.45, 2.75) is 13.1 Å². The molecule has 0 saturated carbocycles. The predicted molar refractivity (Wildman–Crippen MR) is 104 cm³/mol. The summed E-state index contributed by atoms with van der Waals surface area (Å²) in [6.07, 6.45) is 0. The number of aromatic nitrogens is 1. The van der Waals surface area contributed by atoms with E-state index in [9.17, 15) is 14.0 Å². The maximum absolute atomic E-state index is 12.8. The Morgan fingerprint density at radius 1 is 1.00 bits per heavy atom. The molecule has 0 aliphatic carbocycles. The van der Waals surface area contributed by atoms with Gasteiger partial charge in [0.05, 0.1) is 0 Å². The molecular weight excluding hydrogens is 381 g/mol. The first-order chi connectivity index (χ1) is 13.6. The Bertz CT molecular complexity index is 929. The average molecular weight is 399 g/mol. The molecule has 2 N–H and O–H groups in total. The number of anilines is 1. The third-order valence-electron chi connectivity index (χ3n) is 3.74. The summed E-state index contributed by atoms with van der Waals surface area (Å²) in [5, 5.41) is 7.91. The summed E-state index contributed by atoms with van der Waals surface area (Å²) < 4.78 is 17.8. The number of nitrogens with zero attached hydrogens (tertiary/aromatic N) is 1. The van der Waals surface area contributed by atoms with Crippen molar-refractivity contribution in [1.82, 2.24) is 10.3 Å². The Morgan fingerprint density at radius 3 is 2.46 bits per heavy atom. The van der Waals surface area contributed by atoms with Gasteiger partial charge in [-0.2, -0.15) is 0 Å². The van der Waals surface area contributed by atoms with E-state index in [1.165, 1.54) is 23.5 Å². The molecule has 0 unspecified atom stereocenters. The van der Waals surface area contributed by atoms with Crippen LogP contribution in [0.4, 0.5) is 9.52 Å². The van der Waals surface area contributed by atoms with E-state index in [2.05, 4.69) is 15.6 Å². The van der Waals surface area contributed by atoms with Crippen molar-refractivity contribution in [2.75, 3.05) is 11.9 Å². The Morgan fingerprint density at radius 2 is 1.71 bits per heavy atom. The quantitative estimate of drug-likeness (QED) is 0.568. The third kappa shape index (κ3) is 5.88. The summed E-state index contributed by atoms with van der Waals surface area (Å²) in [4.78, 5) is 28.0. The van der Waals surface area contributed by atoms with Crippen molar-refractivity contribution < 1.29 is 18.7 Å². The second kappa shape index (κ2) is 9.61. The molecule has 0 saturated heterocycles. The van der Waals surface area contributed by atoms with E-state index in [-0.39, 0.29) is 18.1 Å². The summed E-state index contributed by atoms with van der Waals surface area (Å²) in [7, 11) is 0. The minimum atomic E-state index is -0.666. The van der Waals surface area contributed by atoms with Gasteiger partial charge in [-0.25, -0.2) is 14.2 Å². The number of benzene rings is 2. The minimum absolute atomic E-state index is 0.145. The first-order valence-corrected chi connectivity index (χ1v) is 9.40. The van der Waals surface area contributed by atoms with Gasteiger partial charge < -0.3 is 15.4 Å². The topological polar surface area (TPSA) is 80.3 Å². The molecule has 1 aromatic heterocycles. The summed E-state index contributed by atoms with van der Waals surface area (Å²) in [6, 6.07) is 15.6. The molecule has 2 aromatic carbocycles. The molecule has 0 atom stereocenters. The van der Waals surface area contributed by atoms with Crippen molar-refractivity contribution in [1.29, 1.82) is 0 Å². The number of hydrogen-bond acceptors (Lipinski definition) is 6. The Labute approximate surface area is 165 Å². The Balaban J connectivity index is 1.41. The zero-order valence-corrected chi connectivity index (χ0v) is 15.7. The number of hydrogen-bond donors (Lipinski definition) is 2. The number of halogens is 1. The Hall–Kier alpha value is -3.26. The lowest BCUT2D eigenvalue weighted by molar-refractivity contribution is -0.124. The van der Waals surface area contributed by atoms with Crippen LogP contribution in [0.1, 0.15) is 21.6 Å². The summed E-state index contributed by atoms with van der Waals surface area (Å²) in [6.45, 7) is 0.403. The van der Waals surface area contributed by atoms with Crippen LogP contribution in [0.5, 0.6) is 0 Å². The zero-order chi connectivity index (χ0) is 19.8. The summed E-state index contributed by atoms with van der Waals surface area (Å²) in [5.41, 5.74) is 1.99. The molecule has 28 heavy (non-hydrogen) atoms. The lowest BCUT2D eigenvalue weighted by atomic mass is 10.2. The SMILES string of the molecule is O=C(COC(=O)c1csc(NCc2ccccc2)n1)NCc1ccc(F)cc1. The molecule has 3 aromatic rings. The largest absolute Gasteiger partial charge is 0.451 e. The van der Waals surface area contributed by atoms with E-state index in [0.29, 0.717) is 11.7 Å². The molecule has 144 valence electrons. The number of thiazole rings is 1. The predicted octanol–water partition coefficient (Wildman–Crippen LogP) is 3.37. The van der Waals surface area contributed by atoms with Crippen LogP contribution in [0.3, 0.4) is 0 Å². The van der Waals surface area contributed by atoms with Crippen LogP contribution in [0.2, 0.25) is 0 Å². The van der Waals surface area contributed by atoms with Gasteiger partial charge in [-0.15, -0.1) is 11.3 Å². The van der Waals surface area contributed by atoms with Gasteiger partial charge in [0.2, 0.25) is 0 Å². The molecule has 0 spiro atoms. The van der Waals surface area contributed by atoms with Gasteiger partial charge in [0, 0.05) is 18.5 Å². The lowest BCUT2D eigenvalue weighted by Crippen LogP contribution is -2.28. The molecule has 0 aliphatic heterocycles. The molecule has 3 rings (SSSR count). The van der Waals surface area contributed by atoms with Crippen LogP contribution in [0, 0.1) is 5.82 Å². The monoisotopic (exact) mass is 399 g/mol. The highest BCUT2D eigenvalue weighted by Gasteiger charge is 2.14. The van der Waals surface area contributed by atoms with E-state index in [0.717, 1.165) is 11.1 Å². The van der Waals surface area contributed by atoms with E-state index in [1.54, 1.807) is 17.5 Å². The minimum Gasteiger partial charge on any atom is -0.451 e. The van der Waals surface area contributed by atoms with Crippen molar-refractivity contribution in [2.24, 2.45) is 0 Å². The van der Waals surface area contributed by atoms with Gasteiger partial charge >= 0.3 is 5.97 Å². The van der Waals surface area contributed by atoms with Crippen molar-refractivity contribution in [3.8, 4) is 0 Å². The van der Waals surface area contributed by atoms with Crippen molar-refractivity contribution in [3.05, 3.63) is 82.6 Å². The van der Waals surface area contributed by atoms with E-state index in [1.807, 2.05) is 30.3 Å². The van der Waals surface area contributed by atoms with Crippen LogP contribution in [0.15, 0.2) is 60.0 Å². The summed E-state index contributed by atoms with van der Waals surface area (Å²) in [5.74, 6) is -1.46. The molecule has 0 radical (unpaired) electrons. The standard InChI is InChI=1S/C20H18FN3O3S/c21-16-8-6-15(7-9-16)10-22-18(25)12-27-19(26)17-13-28-20(24-17)23-11-14-4-2-1-3-5-14/h1-9,13H,10-12H2,(H,22,25)(H,23,24). The molecule has 8 heteroatoms. The van der Waals surface area contributed by atoms with Gasteiger partial charge in [0.1, 0.15) is 5.82 Å². The van der Waals surface area contributed by atoms with Gasteiger partial charge in [0.25, 0.3) is 5.91 Å². The van der Waals surface area contributed by atoms with Crippen molar-refractivity contribution in [3.63, 3.8) is 0 Å². The molecular formula is C20H18FN3O3S. The van der Waals surface area contributed by atoms with Crippen LogP contribution in [-0.4, -0.2) is 23.5 Å². The number of nitrogens with one attached hydrogen (secondary N) is 2. The highest BCUT2D eigenvalue weighted by Crippen LogP contribution is 2.17.